The Morgan fingerprint density at radius 2 is 1.85 bits per heavy atom. The van der Waals surface area contributed by atoms with Crippen molar-refractivity contribution in [3.63, 3.8) is 0 Å². The zero-order chi connectivity index (χ0) is 13.8. The molecule has 2 rings (SSSR count). The predicted molar refractivity (Wildman–Crippen MR) is 80.2 cm³/mol. The Bertz CT molecular complexity index is 420. The van der Waals surface area contributed by atoms with Crippen molar-refractivity contribution in [3.8, 4) is 0 Å². The molecule has 0 amide bonds. The van der Waals surface area contributed by atoms with Gasteiger partial charge in [0.25, 0.3) is 0 Å². The van der Waals surface area contributed by atoms with Crippen molar-refractivity contribution >= 4 is 12.4 Å². The van der Waals surface area contributed by atoms with Gasteiger partial charge in [0.2, 0.25) is 0 Å². The number of halogens is 3. The average molecular weight is 305 g/mol. The topological polar surface area (TPSA) is 15.3 Å². The lowest BCUT2D eigenvalue weighted by Gasteiger charge is -2.36. The molecule has 1 atom stereocenters. The van der Waals surface area contributed by atoms with Gasteiger partial charge in [0, 0.05) is 37.8 Å². The molecule has 0 unspecified atom stereocenters. The molecule has 1 aliphatic rings. The molecule has 0 saturated carbocycles. The van der Waals surface area contributed by atoms with E-state index in [9.17, 15) is 8.78 Å². The zero-order valence-corrected chi connectivity index (χ0v) is 12.9. The van der Waals surface area contributed by atoms with E-state index in [-0.39, 0.29) is 18.4 Å². The number of hydrogen-bond acceptors (Lipinski definition) is 2. The van der Waals surface area contributed by atoms with Crippen LogP contribution in [0.5, 0.6) is 0 Å². The molecule has 1 saturated heterocycles. The highest BCUT2D eigenvalue weighted by Crippen LogP contribution is 2.30. The third kappa shape index (κ3) is 4.14. The summed E-state index contributed by atoms with van der Waals surface area (Å²) >= 11 is 0. The maximum absolute atomic E-state index is 14.0. The van der Waals surface area contributed by atoms with Crippen LogP contribution in [0.1, 0.15) is 31.9 Å². The Hall–Kier alpha value is -0.710. The van der Waals surface area contributed by atoms with Crippen molar-refractivity contribution in [2.45, 2.75) is 26.3 Å². The van der Waals surface area contributed by atoms with Crippen LogP contribution < -0.4 is 5.32 Å². The van der Waals surface area contributed by atoms with Crippen LogP contribution in [0.25, 0.3) is 0 Å². The summed E-state index contributed by atoms with van der Waals surface area (Å²) in [6.45, 7) is 7.82. The van der Waals surface area contributed by atoms with Gasteiger partial charge in [0.15, 0.2) is 11.6 Å². The van der Waals surface area contributed by atoms with E-state index in [1.165, 1.54) is 6.07 Å². The highest BCUT2D eigenvalue weighted by Gasteiger charge is 2.26. The Balaban J connectivity index is 0.00000200. The summed E-state index contributed by atoms with van der Waals surface area (Å²) in [6, 6.07) is 4.47. The maximum Gasteiger partial charge on any atom is 0.163 e. The molecule has 5 heteroatoms. The first kappa shape index (κ1) is 17.3. The second-order valence-electron chi connectivity index (χ2n) is 5.57. The Labute approximate surface area is 126 Å². The van der Waals surface area contributed by atoms with Gasteiger partial charge >= 0.3 is 0 Å². The molecule has 1 fully saturated rings. The van der Waals surface area contributed by atoms with Crippen LogP contribution in [0, 0.1) is 17.6 Å². The van der Waals surface area contributed by atoms with E-state index in [4.69, 9.17) is 0 Å². The zero-order valence-electron chi connectivity index (χ0n) is 12.0. The van der Waals surface area contributed by atoms with Gasteiger partial charge in [-0.1, -0.05) is 26.0 Å². The summed E-state index contributed by atoms with van der Waals surface area (Å²) in [4.78, 5) is 2.26. The van der Waals surface area contributed by atoms with Crippen molar-refractivity contribution in [2.24, 2.45) is 5.92 Å². The quantitative estimate of drug-likeness (QED) is 0.917. The van der Waals surface area contributed by atoms with Crippen LogP contribution >= 0.6 is 12.4 Å². The number of hydrogen-bond donors (Lipinski definition) is 1. The molecule has 1 heterocycles. The fraction of sp³-hybridized carbons (Fsp3) is 0.600. The predicted octanol–water partition coefficient (Wildman–Crippen LogP) is 3.38. The third-order valence-electron chi connectivity index (χ3n) is 3.63. The highest BCUT2D eigenvalue weighted by molar-refractivity contribution is 5.85. The summed E-state index contributed by atoms with van der Waals surface area (Å²) in [6.07, 6.45) is 0.848. The number of nitrogens with one attached hydrogen (secondary N) is 1. The Morgan fingerprint density at radius 3 is 2.45 bits per heavy atom. The lowest BCUT2D eigenvalue weighted by atomic mass is 9.94. The van der Waals surface area contributed by atoms with Crippen LogP contribution in [0.4, 0.5) is 8.78 Å². The molecule has 114 valence electrons. The molecule has 0 aromatic heterocycles. The molecular weight excluding hydrogens is 282 g/mol. The first-order valence-corrected chi connectivity index (χ1v) is 6.98. The first-order chi connectivity index (χ1) is 9.09. The highest BCUT2D eigenvalue weighted by atomic mass is 35.5. The number of nitrogens with zero attached hydrogens (tertiary/aromatic N) is 1. The van der Waals surface area contributed by atoms with E-state index in [1.54, 1.807) is 12.1 Å². The summed E-state index contributed by atoms with van der Waals surface area (Å²) in [7, 11) is 0. The lowest BCUT2D eigenvalue weighted by Crippen LogP contribution is -2.45. The van der Waals surface area contributed by atoms with E-state index in [1.807, 2.05) is 0 Å². The Morgan fingerprint density at radius 1 is 1.20 bits per heavy atom. The summed E-state index contributed by atoms with van der Waals surface area (Å²) < 4.78 is 27.5. The molecule has 0 spiro atoms. The van der Waals surface area contributed by atoms with E-state index < -0.39 is 11.6 Å². The standard InChI is InChI=1S/C15H22F2N2.ClH/c1-11(2)10-14(19-8-6-18-7-9-19)12-4-3-5-13(16)15(12)17;/h3-5,11,14,18H,6-10H2,1-2H3;1H/t14-;/m0./s1. The molecule has 1 aromatic rings. The second-order valence-corrected chi connectivity index (χ2v) is 5.57. The van der Waals surface area contributed by atoms with E-state index in [0.717, 1.165) is 32.6 Å². The SMILES string of the molecule is CC(C)C[C@@H](c1cccc(F)c1F)N1CCNCC1.Cl. The number of rotatable bonds is 4. The summed E-state index contributed by atoms with van der Waals surface area (Å²) in [5.74, 6) is -0.990. The smallest absolute Gasteiger partial charge is 0.163 e. The van der Waals surface area contributed by atoms with Crippen molar-refractivity contribution < 1.29 is 8.78 Å². The van der Waals surface area contributed by atoms with E-state index >= 15 is 0 Å². The molecule has 2 nitrogen and oxygen atoms in total. The summed E-state index contributed by atoms with van der Waals surface area (Å²) in [5.41, 5.74) is 0.496. The van der Waals surface area contributed by atoms with Gasteiger partial charge in [-0.15, -0.1) is 12.4 Å². The van der Waals surface area contributed by atoms with Gasteiger partial charge in [-0.05, 0) is 18.4 Å². The molecule has 1 N–H and O–H groups in total. The van der Waals surface area contributed by atoms with Crippen LogP contribution in [0.2, 0.25) is 0 Å². The largest absolute Gasteiger partial charge is 0.314 e. The van der Waals surface area contributed by atoms with Gasteiger partial charge in [-0.2, -0.15) is 0 Å². The molecule has 1 aromatic carbocycles. The molecule has 1 aliphatic heterocycles. The molecule has 20 heavy (non-hydrogen) atoms. The van der Waals surface area contributed by atoms with Gasteiger partial charge in [0.1, 0.15) is 0 Å². The van der Waals surface area contributed by atoms with E-state index in [2.05, 4.69) is 24.1 Å². The minimum atomic E-state index is -0.749. The van der Waals surface area contributed by atoms with Crippen LogP contribution in [-0.2, 0) is 0 Å². The number of benzene rings is 1. The monoisotopic (exact) mass is 304 g/mol. The normalized spacial score (nSPS) is 17.9. The molecule has 0 bridgehead atoms. The average Bonchev–Trinajstić information content (AvgIpc) is 2.40. The minimum Gasteiger partial charge on any atom is -0.314 e. The van der Waals surface area contributed by atoms with E-state index in [0.29, 0.717) is 11.5 Å². The van der Waals surface area contributed by atoms with Gasteiger partial charge in [0.05, 0.1) is 0 Å². The molecule has 0 aliphatic carbocycles. The molecule has 0 radical (unpaired) electrons. The van der Waals surface area contributed by atoms with Crippen molar-refractivity contribution in [2.75, 3.05) is 26.2 Å². The second kappa shape index (κ2) is 7.91. The van der Waals surface area contributed by atoms with Crippen LogP contribution in [0.3, 0.4) is 0 Å². The van der Waals surface area contributed by atoms with Gasteiger partial charge in [-0.3, -0.25) is 4.90 Å². The fourth-order valence-corrected chi connectivity index (χ4v) is 2.69. The number of piperazine rings is 1. The third-order valence-corrected chi connectivity index (χ3v) is 3.63. The van der Waals surface area contributed by atoms with Gasteiger partial charge in [-0.25, -0.2) is 8.78 Å². The molecular formula is C15H23ClF2N2. The van der Waals surface area contributed by atoms with Gasteiger partial charge < -0.3 is 5.32 Å². The van der Waals surface area contributed by atoms with Crippen LogP contribution in [0.15, 0.2) is 18.2 Å². The minimum absolute atomic E-state index is 0. The van der Waals surface area contributed by atoms with Crippen molar-refractivity contribution in [1.82, 2.24) is 10.2 Å². The van der Waals surface area contributed by atoms with Crippen LogP contribution in [-0.4, -0.2) is 31.1 Å². The fourth-order valence-electron chi connectivity index (χ4n) is 2.69. The first-order valence-electron chi connectivity index (χ1n) is 6.98. The lowest BCUT2D eigenvalue weighted by molar-refractivity contribution is 0.150. The summed E-state index contributed by atoms with van der Waals surface area (Å²) in [5, 5.41) is 3.29. The Kier molecular flexibility index (Phi) is 6.86. The maximum atomic E-state index is 14.0. The van der Waals surface area contributed by atoms with Crippen molar-refractivity contribution in [1.29, 1.82) is 0 Å². The van der Waals surface area contributed by atoms with Crippen molar-refractivity contribution in [3.05, 3.63) is 35.4 Å².